The summed E-state index contributed by atoms with van der Waals surface area (Å²) in [5.74, 6) is -0.225. The van der Waals surface area contributed by atoms with Crippen molar-refractivity contribution in [3.63, 3.8) is 0 Å². The Labute approximate surface area is 201 Å². The minimum Gasteiger partial charge on any atom is -0.360 e. The van der Waals surface area contributed by atoms with E-state index in [1.165, 1.54) is 11.1 Å². The summed E-state index contributed by atoms with van der Waals surface area (Å²) in [4.78, 5) is 17.3. The Morgan fingerprint density at radius 1 is 0.853 bits per heavy atom. The van der Waals surface area contributed by atoms with E-state index in [9.17, 15) is 10.1 Å². The van der Waals surface area contributed by atoms with Crippen molar-refractivity contribution in [2.45, 2.75) is 19.9 Å². The number of aryl methyl sites for hydroxylation is 2. The molecule has 4 rings (SSSR count). The maximum absolute atomic E-state index is 13.1. The summed E-state index contributed by atoms with van der Waals surface area (Å²) in [6, 6.07) is 29.2. The van der Waals surface area contributed by atoms with E-state index >= 15 is 0 Å². The second-order valence-corrected chi connectivity index (χ2v) is 8.63. The molecule has 1 amide bonds. The molecule has 1 aliphatic heterocycles. The molecule has 1 heterocycles. The van der Waals surface area contributed by atoms with Gasteiger partial charge in [-0.25, -0.2) is 0 Å². The average molecular weight is 451 g/mol. The third kappa shape index (κ3) is 5.19. The van der Waals surface area contributed by atoms with Crippen LogP contribution in [0.15, 0.2) is 90.6 Å². The second kappa shape index (κ2) is 10.8. The number of para-hydroxylation sites is 1. The van der Waals surface area contributed by atoms with Crippen molar-refractivity contribution in [2.24, 2.45) is 0 Å². The molecule has 0 spiro atoms. The molecule has 172 valence electrons. The molecule has 3 aromatic rings. The molecular formula is C29H30N4O. The molecule has 0 bridgehead atoms. The SMILES string of the molecule is Cc1cccc(C)c1N/C=C(/C#N)C(=O)N1CCN(C(c2ccccc2)c2ccccc2)CC1. The van der Waals surface area contributed by atoms with Crippen LogP contribution in [-0.4, -0.2) is 41.9 Å². The lowest BCUT2D eigenvalue weighted by molar-refractivity contribution is -0.128. The smallest absolute Gasteiger partial charge is 0.266 e. The Kier molecular flexibility index (Phi) is 7.41. The fraction of sp³-hybridized carbons (Fsp3) is 0.241. The molecule has 3 aromatic carbocycles. The number of rotatable bonds is 6. The molecule has 0 unspecified atom stereocenters. The zero-order valence-corrected chi connectivity index (χ0v) is 19.7. The van der Waals surface area contributed by atoms with E-state index in [2.05, 4.69) is 64.8 Å². The number of nitrogens with one attached hydrogen (secondary N) is 1. The highest BCUT2D eigenvalue weighted by Gasteiger charge is 2.29. The lowest BCUT2D eigenvalue weighted by Crippen LogP contribution is -2.50. The quantitative estimate of drug-likeness (QED) is 0.421. The van der Waals surface area contributed by atoms with Gasteiger partial charge in [0, 0.05) is 38.1 Å². The van der Waals surface area contributed by atoms with E-state index < -0.39 is 0 Å². The fourth-order valence-corrected chi connectivity index (χ4v) is 4.57. The lowest BCUT2D eigenvalue weighted by atomic mass is 9.96. The van der Waals surface area contributed by atoms with Crippen LogP contribution in [0.1, 0.15) is 28.3 Å². The largest absolute Gasteiger partial charge is 0.360 e. The van der Waals surface area contributed by atoms with Crippen molar-refractivity contribution in [3.8, 4) is 6.07 Å². The van der Waals surface area contributed by atoms with Crippen LogP contribution >= 0.6 is 0 Å². The molecule has 1 saturated heterocycles. The number of nitriles is 1. The van der Waals surface area contributed by atoms with E-state index in [0.717, 1.165) is 29.9 Å². The average Bonchev–Trinajstić information content (AvgIpc) is 2.87. The van der Waals surface area contributed by atoms with Crippen molar-refractivity contribution in [1.29, 1.82) is 5.26 Å². The van der Waals surface area contributed by atoms with E-state index in [0.29, 0.717) is 13.1 Å². The first-order chi connectivity index (χ1) is 16.6. The van der Waals surface area contributed by atoms with Gasteiger partial charge in [0.05, 0.1) is 6.04 Å². The van der Waals surface area contributed by atoms with Gasteiger partial charge in [0.25, 0.3) is 5.91 Å². The molecule has 0 atom stereocenters. The maximum atomic E-state index is 13.1. The third-order valence-electron chi connectivity index (χ3n) is 6.39. The van der Waals surface area contributed by atoms with Gasteiger partial charge in [0.15, 0.2) is 0 Å². The summed E-state index contributed by atoms with van der Waals surface area (Å²) in [7, 11) is 0. The van der Waals surface area contributed by atoms with Crippen molar-refractivity contribution < 1.29 is 4.79 Å². The minimum atomic E-state index is -0.225. The Balaban J connectivity index is 1.46. The predicted molar refractivity (Wildman–Crippen MR) is 136 cm³/mol. The van der Waals surface area contributed by atoms with Gasteiger partial charge < -0.3 is 10.2 Å². The minimum absolute atomic E-state index is 0.124. The number of hydrogen-bond acceptors (Lipinski definition) is 4. The van der Waals surface area contributed by atoms with Crippen LogP contribution in [0.25, 0.3) is 0 Å². The topological polar surface area (TPSA) is 59.4 Å². The zero-order valence-electron chi connectivity index (χ0n) is 19.7. The van der Waals surface area contributed by atoms with Crippen molar-refractivity contribution >= 4 is 11.6 Å². The molecule has 0 radical (unpaired) electrons. The van der Waals surface area contributed by atoms with Crippen LogP contribution in [0.3, 0.4) is 0 Å². The van der Waals surface area contributed by atoms with Crippen molar-refractivity contribution in [1.82, 2.24) is 9.80 Å². The first-order valence-corrected chi connectivity index (χ1v) is 11.6. The molecular weight excluding hydrogens is 420 g/mol. The standard InChI is InChI=1S/C29H30N4O/c1-22-10-9-11-23(2)27(22)31-21-26(20-30)29(34)33-18-16-32(17-19-33)28(24-12-5-3-6-13-24)25-14-7-4-8-15-25/h3-15,21,28,31H,16-19H2,1-2H3/b26-21-. The summed E-state index contributed by atoms with van der Waals surface area (Å²) < 4.78 is 0. The number of benzene rings is 3. The highest BCUT2D eigenvalue weighted by Crippen LogP contribution is 2.29. The zero-order chi connectivity index (χ0) is 23.9. The Bertz CT molecular complexity index is 1130. The Hall–Kier alpha value is -3.88. The van der Waals surface area contributed by atoms with E-state index in [-0.39, 0.29) is 17.5 Å². The summed E-state index contributed by atoms with van der Waals surface area (Å²) in [6.07, 6.45) is 1.54. The first kappa shape index (κ1) is 23.3. The number of anilines is 1. The normalized spacial score (nSPS) is 14.6. The highest BCUT2D eigenvalue weighted by atomic mass is 16.2. The molecule has 0 saturated carbocycles. The number of carbonyl (C=O) groups excluding carboxylic acids is 1. The monoisotopic (exact) mass is 450 g/mol. The van der Waals surface area contributed by atoms with Crippen LogP contribution in [0, 0.1) is 25.2 Å². The molecule has 1 N–H and O–H groups in total. The predicted octanol–water partition coefficient (Wildman–Crippen LogP) is 5.06. The molecule has 34 heavy (non-hydrogen) atoms. The van der Waals surface area contributed by atoms with Gasteiger partial charge in [-0.1, -0.05) is 78.9 Å². The number of carbonyl (C=O) groups is 1. The number of nitrogens with zero attached hydrogens (tertiary/aromatic N) is 3. The van der Waals surface area contributed by atoms with Gasteiger partial charge in [0.2, 0.25) is 0 Å². The molecule has 5 heteroatoms. The van der Waals surface area contributed by atoms with E-state index in [4.69, 9.17) is 0 Å². The van der Waals surface area contributed by atoms with Crippen LogP contribution in [0.4, 0.5) is 5.69 Å². The van der Waals surface area contributed by atoms with Crippen LogP contribution in [0.5, 0.6) is 0 Å². The number of amides is 1. The van der Waals surface area contributed by atoms with Crippen molar-refractivity contribution in [2.75, 3.05) is 31.5 Å². The number of piperazine rings is 1. The summed E-state index contributed by atoms with van der Waals surface area (Å²) in [5.41, 5.74) is 5.68. The number of hydrogen-bond donors (Lipinski definition) is 1. The molecule has 1 fully saturated rings. The molecule has 0 aromatic heterocycles. The van der Waals surface area contributed by atoms with Gasteiger partial charge in [-0.3, -0.25) is 9.69 Å². The van der Waals surface area contributed by atoms with E-state index in [1.807, 2.05) is 44.2 Å². The summed E-state index contributed by atoms with van der Waals surface area (Å²) in [5, 5.41) is 12.8. The van der Waals surface area contributed by atoms with Crippen LogP contribution in [0.2, 0.25) is 0 Å². The molecule has 5 nitrogen and oxygen atoms in total. The van der Waals surface area contributed by atoms with Gasteiger partial charge in [0.1, 0.15) is 11.6 Å². The van der Waals surface area contributed by atoms with Gasteiger partial charge in [-0.15, -0.1) is 0 Å². The van der Waals surface area contributed by atoms with Gasteiger partial charge in [-0.05, 0) is 36.1 Å². The Morgan fingerprint density at radius 3 is 1.88 bits per heavy atom. The summed E-state index contributed by atoms with van der Waals surface area (Å²) in [6.45, 7) is 6.65. The maximum Gasteiger partial charge on any atom is 0.266 e. The first-order valence-electron chi connectivity index (χ1n) is 11.6. The van der Waals surface area contributed by atoms with Crippen LogP contribution < -0.4 is 5.32 Å². The van der Waals surface area contributed by atoms with Gasteiger partial charge >= 0.3 is 0 Å². The Morgan fingerprint density at radius 2 is 1.38 bits per heavy atom. The summed E-state index contributed by atoms with van der Waals surface area (Å²) >= 11 is 0. The van der Waals surface area contributed by atoms with E-state index in [1.54, 1.807) is 11.1 Å². The fourth-order valence-electron chi connectivity index (χ4n) is 4.57. The highest BCUT2D eigenvalue weighted by molar-refractivity contribution is 5.97. The molecule has 1 aliphatic rings. The van der Waals surface area contributed by atoms with Gasteiger partial charge in [-0.2, -0.15) is 5.26 Å². The van der Waals surface area contributed by atoms with Crippen LogP contribution in [-0.2, 0) is 4.79 Å². The second-order valence-electron chi connectivity index (χ2n) is 8.63. The lowest BCUT2D eigenvalue weighted by Gasteiger charge is -2.39. The third-order valence-corrected chi connectivity index (χ3v) is 6.39. The van der Waals surface area contributed by atoms with Crippen molar-refractivity contribution in [3.05, 3.63) is 113 Å². The molecule has 0 aliphatic carbocycles.